The molecule has 0 radical (unpaired) electrons. The summed E-state index contributed by atoms with van der Waals surface area (Å²) in [4.78, 5) is 8.60. The zero-order valence-corrected chi connectivity index (χ0v) is 15.1. The van der Waals surface area contributed by atoms with Gasteiger partial charge >= 0.3 is 0 Å². The van der Waals surface area contributed by atoms with Crippen LogP contribution >= 0.6 is 0 Å². The Hall–Kier alpha value is -2.07. The molecule has 1 aliphatic carbocycles. The van der Waals surface area contributed by atoms with Crippen molar-refractivity contribution in [2.75, 3.05) is 27.3 Å². The Balaban J connectivity index is 0.000000527. The molecule has 4 aliphatic rings. The van der Waals surface area contributed by atoms with Gasteiger partial charge < -0.3 is 19.4 Å². The quantitative estimate of drug-likeness (QED) is 0.619. The molecule has 5 rings (SSSR count). The van der Waals surface area contributed by atoms with Crippen LogP contribution in [-0.2, 0) is 10.3 Å². The van der Waals surface area contributed by atoms with Gasteiger partial charge in [-0.25, -0.2) is 6.57 Å². The monoisotopic (exact) mass is 356 g/mol. The van der Waals surface area contributed by atoms with E-state index >= 15 is 0 Å². The summed E-state index contributed by atoms with van der Waals surface area (Å²) in [6.07, 6.45) is 6.19. The molecule has 1 N–H and O–H groups in total. The van der Waals surface area contributed by atoms with Crippen molar-refractivity contribution in [3.05, 3.63) is 46.8 Å². The van der Waals surface area contributed by atoms with Gasteiger partial charge in [0.25, 0.3) is 0 Å². The third-order valence-corrected chi connectivity index (χ3v) is 5.85. The van der Waals surface area contributed by atoms with Gasteiger partial charge in [-0.3, -0.25) is 4.84 Å². The zero-order valence-electron chi connectivity index (χ0n) is 15.1. The highest BCUT2D eigenvalue weighted by molar-refractivity contribution is 5.61. The minimum absolute atomic E-state index is 0.0347. The normalized spacial score (nSPS) is 33.5. The van der Waals surface area contributed by atoms with Crippen molar-refractivity contribution in [1.29, 1.82) is 0 Å². The molecule has 1 fully saturated rings. The minimum Gasteiger partial charge on any atom is -0.493 e. The molecule has 26 heavy (non-hydrogen) atoms. The first-order valence-corrected chi connectivity index (χ1v) is 9.05. The van der Waals surface area contributed by atoms with Crippen LogP contribution in [0.5, 0.6) is 11.5 Å². The number of nitrogens with zero attached hydrogens (tertiary/aromatic N) is 2. The van der Waals surface area contributed by atoms with E-state index in [2.05, 4.69) is 22.1 Å². The molecule has 1 saturated heterocycles. The van der Waals surface area contributed by atoms with Crippen LogP contribution in [0.4, 0.5) is 0 Å². The Kier molecular flexibility index (Phi) is 4.39. The molecule has 1 spiro atoms. The Morgan fingerprint density at radius 3 is 3.00 bits per heavy atom. The van der Waals surface area contributed by atoms with Gasteiger partial charge in [0.2, 0.25) is 7.05 Å². The van der Waals surface area contributed by atoms with Crippen LogP contribution in [0.25, 0.3) is 4.85 Å². The maximum absolute atomic E-state index is 10.1. The molecule has 4 atom stereocenters. The van der Waals surface area contributed by atoms with Crippen LogP contribution in [0.1, 0.15) is 36.4 Å². The largest absolute Gasteiger partial charge is 0.493 e. The number of fused-ring (bicyclic) bond motifs is 2. The molecule has 0 saturated carbocycles. The lowest BCUT2D eigenvalue weighted by molar-refractivity contribution is -0.134. The zero-order chi connectivity index (χ0) is 18.3. The van der Waals surface area contributed by atoms with Crippen molar-refractivity contribution in [3.8, 4) is 11.5 Å². The summed E-state index contributed by atoms with van der Waals surface area (Å²) in [6.45, 7) is 7.48. The van der Waals surface area contributed by atoms with Crippen LogP contribution in [0.3, 0.4) is 0 Å². The standard InChI is InChI=1S/C18H21NO4.C2H3N/c1-21-14-3-2-12-13-5-9-22-19(13)8-7-18-6-4-11(20)10-15(18)23-17(14)16(12)18;1-3-2/h2-4,6,11,13,15,20H,5,7-10H2,1H3;1H3/t11-,13?,15-,18-;/m0./s1. The van der Waals surface area contributed by atoms with E-state index in [0.717, 1.165) is 37.5 Å². The van der Waals surface area contributed by atoms with Crippen LogP contribution in [0, 0.1) is 6.57 Å². The Morgan fingerprint density at radius 1 is 1.42 bits per heavy atom. The number of aliphatic hydroxyl groups is 1. The summed E-state index contributed by atoms with van der Waals surface area (Å²) in [7, 11) is 3.10. The number of hydrogen-bond donors (Lipinski definition) is 1. The Morgan fingerprint density at radius 2 is 2.23 bits per heavy atom. The van der Waals surface area contributed by atoms with Gasteiger partial charge in [-0.15, -0.1) is 0 Å². The maximum atomic E-state index is 10.1. The van der Waals surface area contributed by atoms with Crippen LogP contribution in [0.15, 0.2) is 24.3 Å². The van der Waals surface area contributed by atoms with Gasteiger partial charge in [-0.1, -0.05) is 18.2 Å². The third-order valence-electron chi connectivity index (χ3n) is 5.85. The lowest BCUT2D eigenvalue weighted by Gasteiger charge is -2.35. The molecule has 3 heterocycles. The van der Waals surface area contributed by atoms with Crippen molar-refractivity contribution >= 4 is 0 Å². The molecule has 138 valence electrons. The van der Waals surface area contributed by atoms with Gasteiger partial charge in [-0.05, 0) is 24.5 Å². The molecule has 1 unspecified atom stereocenters. The van der Waals surface area contributed by atoms with Gasteiger partial charge in [0, 0.05) is 18.5 Å². The first-order valence-electron chi connectivity index (χ1n) is 9.05. The molecule has 0 bridgehead atoms. The topological polar surface area (TPSA) is 55.5 Å². The lowest BCUT2D eigenvalue weighted by Crippen LogP contribution is -2.42. The molecule has 3 aliphatic heterocycles. The molecular formula is C20H24N2O4. The van der Waals surface area contributed by atoms with Crippen LogP contribution < -0.4 is 9.47 Å². The fraction of sp³-hybridized carbons (Fsp3) is 0.550. The predicted molar refractivity (Wildman–Crippen MR) is 96.0 cm³/mol. The Bertz CT molecular complexity index is 772. The number of ether oxygens (including phenoxy) is 2. The highest BCUT2D eigenvalue weighted by Crippen LogP contribution is 2.58. The van der Waals surface area contributed by atoms with Crippen molar-refractivity contribution in [2.24, 2.45) is 0 Å². The van der Waals surface area contributed by atoms with Gasteiger partial charge in [0.05, 0.1) is 31.3 Å². The van der Waals surface area contributed by atoms with Crippen LogP contribution in [-0.4, -0.2) is 49.7 Å². The van der Waals surface area contributed by atoms with Crippen LogP contribution in [0.2, 0.25) is 0 Å². The van der Waals surface area contributed by atoms with Crippen molar-refractivity contribution in [1.82, 2.24) is 5.06 Å². The highest BCUT2D eigenvalue weighted by Gasteiger charge is 2.54. The van der Waals surface area contributed by atoms with E-state index in [9.17, 15) is 5.11 Å². The fourth-order valence-corrected chi connectivity index (χ4v) is 4.76. The van der Waals surface area contributed by atoms with Crippen molar-refractivity contribution < 1.29 is 19.4 Å². The summed E-state index contributed by atoms with van der Waals surface area (Å²) >= 11 is 0. The average Bonchev–Trinajstić information content (AvgIpc) is 3.19. The van der Waals surface area contributed by atoms with E-state index in [-0.39, 0.29) is 17.6 Å². The summed E-state index contributed by atoms with van der Waals surface area (Å²) < 4.78 is 11.9. The maximum Gasteiger partial charge on any atom is 0.205 e. The summed E-state index contributed by atoms with van der Waals surface area (Å²) in [6, 6.07) is 4.46. The summed E-state index contributed by atoms with van der Waals surface area (Å²) in [5, 5.41) is 12.2. The van der Waals surface area contributed by atoms with Crippen molar-refractivity contribution in [3.63, 3.8) is 0 Å². The smallest absolute Gasteiger partial charge is 0.205 e. The van der Waals surface area contributed by atoms with E-state index in [1.807, 2.05) is 12.1 Å². The number of methoxy groups -OCH3 is 1. The number of benzene rings is 1. The number of aliphatic hydroxyl groups excluding tert-OH is 1. The molecule has 0 aromatic heterocycles. The first kappa shape index (κ1) is 17.3. The second-order valence-electron chi connectivity index (χ2n) is 7.12. The van der Waals surface area contributed by atoms with E-state index in [0.29, 0.717) is 6.42 Å². The SMILES string of the molecule is COc1ccc2c3c1O[C@H]1C[C@@H](O)C=C[C@@]31CCN1OCCC21.[C-]#[N+]C. The van der Waals surface area contributed by atoms with Gasteiger partial charge in [0.15, 0.2) is 11.5 Å². The third kappa shape index (κ3) is 2.43. The summed E-state index contributed by atoms with van der Waals surface area (Å²) in [5.74, 6) is 1.65. The van der Waals surface area contributed by atoms with E-state index < -0.39 is 6.10 Å². The van der Waals surface area contributed by atoms with E-state index in [1.54, 1.807) is 7.11 Å². The Labute approximate surface area is 153 Å². The molecule has 1 aromatic carbocycles. The molecule has 6 heteroatoms. The van der Waals surface area contributed by atoms with E-state index in [4.69, 9.17) is 20.9 Å². The lowest BCUT2D eigenvalue weighted by atomic mass is 9.68. The van der Waals surface area contributed by atoms with Crippen molar-refractivity contribution in [2.45, 2.75) is 42.9 Å². The molecule has 0 amide bonds. The fourth-order valence-electron chi connectivity index (χ4n) is 4.76. The van der Waals surface area contributed by atoms with E-state index in [1.165, 1.54) is 18.2 Å². The van der Waals surface area contributed by atoms with Gasteiger partial charge in [-0.2, -0.15) is 5.06 Å². The number of hydrogen-bond acceptors (Lipinski definition) is 5. The van der Waals surface area contributed by atoms with Gasteiger partial charge in [0.1, 0.15) is 6.10 Å². The molecular weight excluding hydrogens is 332 g/mol. The second kappa shape index (κ2) is 6.58. The number of rotatable bonds is 1. The minimum atomic E-state index is -0.436. The average molecular weight is 356 g/mol. The predicted octanol–water partition coefficient (Wildman–Crippen LogP) is 2.63. The first-order chi connectivity index (χ1) is 12.6. The highest BCUT2D eigenvalue weighted by atomic mass is 16.7. The molecule has 1 aromatic rings. The summed E-state index contributed by atoms with van der Waals surface area (Å²) in [5.41, 5.74) is 2.37. The number of hydroxylamine groups is 2. The molecule has 6 nitrogen and oxygen atoms in total. The second-order valence-corrected chi connectivity index (χ2v) is 7.12.